The van der Waals surface area contributed by atoms with Crippen LogP contribution in [0, 0.1) is 12.3 Å². The number of unbranched alkanes of at least 4 members (excludes halogenated alkanes) is 1. The van der Waals surface area contributed by atoms with Crippen LogP contribution in [0.5, 0.6) is 0 Å². The second kappa shape index (κ2) is 17.3. The van der Waals surface area contributed by atoms with E-state index in [-0.39, 0.29) is 23.9 Å². The van der Waals surface area contributed by atoms with E-state index in [1.165, 1.54) is 12.1 Å². The minimum absolute atomic E-state index is 0.0132. The fourth-order valence-corrected chi connectivity index (χ4v) is 7.19. The summed E-state index contributed by atoms with van der Waals surface area (Å²) in [6, 6.07) is 39.9. The minimum Gasteiger partial charge on any atom is -0.460 e. The number of terminal acetylenes is 1. The Hall–Kier alpha value is -6.31. The Bertz CT molecular complexity index is 2290. The predicted molar refractivity (Wildman–Crippen MR) is 208 cm³/mol. The molecule has 0 saturated carbocycles. The van der Waals surface area contributed by atoms with Gasteiger partial charge < -0.3 is 14.4 Å². The molecule has 0 unspecified atom stereocenters. The lowest BCUT2D eigenvalue weighted by molar-refractivity contribution is 0.0506. The van der Waals surface area contributed by atoms with Gasteiger partial charge in [-0.15, -0.1) is 12.3 Å². The average Bonchev–Trinajstić information content (AvgIpc) is 3.19. The van der Waals surface area contributed by atoms with E-state index in [9.17, 15) is 18.0 Å². The van der Waals surface area contributed by atoms with Crippen molar-refractivity contribution in [2.45, 2.75) is 17.7 Å². The molecule has 0 aliphatic rings. The van der Waals surface area contributed by atoms with Crippen molar-refractivity contribution in [1.82, 2.24) is 0 Å². The summed E-state index contributed by atoms with van der Waals surface area (Å²) in [4.78, 5) is 28.4. The van der Waals surface area contributed by atoms with E-state index in [1.807, 2.05) is 89.8 Å². The van der Waals surface area contributed by atoms with Gasteiger partial charge in [0.05, 0.1) is 46.2 Å². The molecule has 6 aromatic carbocycles. The Morgan fingerprint density at radius 1 is 0.623 bits per heavy atom. The molecule has 0 aliphatic heterocycles. The normalized spacial score (nSPS) is 11.4. The number of hydrogen-bond acceptors (Lipinski definition) is 9. The van der Waals surface area contributed by atoms with E-state index in [2.05, 4.69) is 16.1 Å². The first-order chi connectivity index (χ1) is 25.8. The van der Waals surface area contributed by atoms with Crippen molar-refractivity contribution in [1.29, 1.82) is 0 Å². The molecule has 0 N–H and O–H groups in total. The van der Waals surface area contributed by atoms with Crippen molar-refractivity contribution < 1.29 is 27.5 Å². The summed E-state index contributed by atoms with van der Waals surface area (Å²) in [6.07, 6.45) is 6.05. The molecule has 0 spiro atoms. The van der Waals surface area contributed by atoms with Crippen molar-refractivity contribution in [3.05, 3.63) is 145 Å². The van der Waals surface area contributed by atoms with E-state index in [4.69, 9.17) is 15.9 Å². The van der Waals surface area contributed by atoms with E-state index in [1.54, 1.807) is 36.4 Å². The van der Waals surface area contributed by atoms with Gasteiger partial charge >= 0.3 is 11.9 Å². The van der Waals surface area contributed by atoms with Gasteiger partial charge in [-0.05, 0) is 88.6 Å². The third-order valence-electron chi connectivity index (χ3n) is 8.63. The lowest BCUT2D eigenvalue weighted by atomic mass is 10.1. The van der Waals surface area contributed by atoms with E-state index >= 15 is 0 Å². The molecule has 0 heterocycles. The summed E-state index contributed by atoms with van der Waals surface area (Å²) in [5.41, 5.74) is 2.85. The number of rotatable bonds is 15. The van der Waals surface area contributed by atoms with Crippen LogP contribution in [0.15, 0.2) is 149 Å². The summed E-state index contributed by atoms with van der Waals surface area (Å²) >= 11 is 0. The van der Waals surface area contributed by atoms with Crippen LogP contribution in [0.4, 0.5) is 17.1 Å². The van der Waals surface area contributed by atoms with Crippen LogP contribution < -0.4 is 4.90 Å². The molecule has 6 rings (SSSR count). The van der Waals surface area contributed by atoms with Crippen LogP contribution in [-0.4, -0.2) is 52.4 Å². The molecule has 0 fully saturated rings. The van der Waals surface area contributed by atoms with Crippen LogP contribution in [0.25, 0.3) is 21.5 Å². The lowest BCUT2D eigenvalue weighted by Crippen LogP contribution is -2.32. The summed E-state index contributed by atoms with van der Waals surface area (Å²) < 4.78 is 36.5. The standard InChI is InChI=1S/C43H37N3O6S/c1-2-3-8-31-53(49,50)37-25-21-35(22-26-37)45-44-34-19-23-36(24-20-34)46(27-29-51-42(47)40-17-9-13-32-11-4-6-15-38(32)40)28-30-52-43(48)41-18-10-14-33-12-5-7-16-39(33)41/h1,4-7,9-26H,3,8,27-31H2. The van der Waals surface area contributed by atoms with Gasteiger partial charge in [0.2, 0.25) is 0 Å². The molecule has 0 bridgehead atoms. The number of anilines is 1. The van der Waals surface area contributed by atoms with Crippen LogP contribution in [0.2, 0.25) is 0 Å². The van der Waals surface area contributed by atoms with Crippen molar-refractivity contribution in [2.24, 2.45) is 10.2 Å². The van der Waals surface area contributed by atoms with E-state index < -0.39 is 21.8 Å². The molecule has 0 amide bonds. The summed E-state index contributed by atoms with van der Waals surface area (Å²) in [6.45, 7) is 0.856. The number of hydrogen-bond donors (Lipinski definition) is 0. The minimum atomic E-state index is -3.43. The zero-order chi connectivity index (χ0) is 37.0. The number of esters is 2. The number of benzene rings is 6. The molecule has 0 atom stereocenters. The van der Waals surface area contributed by atoms with E-state index in [0.717, 1.165) is 27.2 Å². The molecule has 9 nitrogen and oxygen atoms in total. The van der Waals surface area contributed by atoms with Gasteiger partial charge in [-0.2, -0.15) is 10.2 Å². The zero-order valence-electron chi connectivity index (χ0n) is 28.9. The molecule has 0 radical (unpaired) electrons. The first kappa shape index (κ1) is 36.5. The van der Waals surface area contributed by atoms with Gasteiger partial charge in [0.1, 0.15) is 13.2 Å². The fourth-order valence-electron chi connectivity index (χ4n) is 5.88. The molecule has 266 valence electrons. The molecule has 0 aromatic heterocycles. The van der Waals surface area contributed by atoms with Crippen molar-refractivity contribution in [3.8, 4) is 12.3 Å². The predicted octanol–water partition coefficient (Wildman–Crippen LogP) is 9.12. The zero-order valence-corrected chi connectivity index (χ0v) is 29.7. The van der Waals surface area contributed by atoms with Crippen LogP contribution in [0.1, 0.15) is 33.6 Å². The molecular formula is C43H37N3O6S. The van der Waals surface area contributed by atoms with E-state index in [0.29, 0.717) is 48.4 Å². The molecule has 6 aromatic rings. The van der Waals surface area contributed by atoms with Crippen molar-refractivity contribution >= 4 is 60.4 Å². The van der Waals surface area contributed by atoms with Crippen molar-refractivity contribution in [3.63, 3.8) is 0 Å². The highest BCUT2D eigenvalue weighted by atomic mass is 32.2. The number of azo groups is 1. The average molecular weight is 724 g/mol. The first-order valence-corrected chi connectivity index (χ1v) is 18.8. The maximum atomic E-state index is 13.1. The fraction of sp³-hybridized carbons (Fsp3) is 0.163. The number of carbonyl (C=O) groups excluding carboxylic acids is 2. The second-order valence-corrected chi connectivity index (χ2v) is 14.3. The molecular weight excluding hydrogens is 687 g/mol. The van der Waals surface area contributed by atoms with Gasteiger partial charge in [-0.3, -0.25) is 0 Å². The number of ether oxygens (including phenoxy) is 2. The second-order valence-electron chi connectivity index (χ2n) is 12.1. The maximum Gasteiger partial charge on any atom is 0.338 e. The third-order valence-corrected chi connectivity index (χ3v) is 10.5. The monoisotopic (exact) mass is 723 g/mol. The van der Waals surface area contributed by atoms with Crippen LogP contribution in [-0.2, 0) is 19.3 Å². The Morgan fingerprint density at radius 3 is 1.60 bits per heavy atom. The van der Waals surface area contributed by atoms with Gasteiger partial charge in [-0.25, -0.2) is 18.0 Å². The molecule has 53 heavy (non-hydrogen) atoms. The summed E-state index contributed by atoms with van der Waals surface area (Å²) in [5, 5.41) is 12.1. The quantitative estimate of drug-likeness (QED) is 0.0449. The first-order valence-electron chi connectivity index (χ1n) is 17.2. The topological polar surface area (TPSA) is 115 Å². The molecule has 0 saturated heterocycles. The summed E-state index contributed by atoms with van der Waals surface area (Å²) in [7, 11) is -3.43. The Morgan fingerprint density at radius 2 is 1.09 bits per heavy atom. The highest BCUT2D eigenvalue weighted by Gasteiger charge is 2.16. The van der Waals surface area contributed by atoms with Gasteiger partial charge in [0.25, 0.3) is 0 Å². The number of carbonyl (C=O) groups is 2. The SMILES string of the molecule is C#CCCCS(=O)(=O)c1ccc(N=Nc2ccc(N(CCOC(=O)c3cccc4ccccc34)CCOC(=O)c3cccc4ccccc34)cc2)cc1. The Labute approximate surface area is 308 Å². The third kappa shape index (κ3) is 9.33. The van der Waals surface area contributed by atoms with Crippen LogP contribution >= 0.6 is 0 Å². The Balaban J connectivity index is 1.12. The Kier molecular flexibility index (Phi) is 11.9. The van der Waals surface area contributed by atoms with Gasteiger partial charge in [0, 0.05) is 12.1 Å². The number of sulfone groups is 1. The highest BCUT2D eigenvalue weighted by Crippen LogP contribution is 2.25. The maximum absolute atomic E-state index is 13.1. The molecule has 0 aliphatic carbocycles. The number of nitrogens with zero attached hydrogens (tertiary/aromatic N) is 3. The highest BCUT2D eigenvalue weighted by molar-refractivity contribution is 7.91. The largest absolute Gasteiger partial charge is 0.460 e. The van der Waals surface area contributed by atoms with Crippen molar-refractivity contribution in [2.75, 3.05) is 37.0 Å². The van der Waals surface area contributed by atoms with Crippen LogP contribution in [0.3, 0.4) is 0 Å². The van der Waals surface area contributed by atoms with Gasteiger partial charge in [-0.1, -0.05) is 72.8 Å². The smallest absolute Gasteiger partial charge is 0.338 e. The summed E-state index contributed by atoms with van der Waals surface area (Å²) in [5.74, 6) is 1.60. The molecule has 10 heteroatoms. The lowest BCUT2D eigenvalue weighted by Gasteiger charge is -2.24. The van der Waals surface area contributed by atoms with Gasteiger partial charge in [0.15, 0.2) is 9.84 Å². The number of fused-ring (bicyclic) bond motifs is 2.